The topological polar surface area (TPSA) is 45.2 Å². The van der Waals surface area contributed by atoms with Crippen molar-refractivity contribution < 1.29 is 4.79 Å². The third-order valence-electron chi connectivity index (χ3n) is 2.79. The third-order valence-corrected chi connectivity index (χ3v) is 4.39. The molecular formula is C14H16BrN3OS. The number of halogens is 1. The first-order valence-electron chi connectivity index (χ1n) is 6.15. The van der Waals surface area contributed by atoms with Crippen molar-refractivity contribution in [2.75, 3.05) is 19.4 Å². The first-order valence-corrected chi connectivity index (χ1v) is 7.75. The standard InChI is InChI=1S/C14H16BrN3OS/c1-9-12(8-10-4-6-11(15)7-5-10)20-13(16-9)17-14(19)18(2)3/h4-7H,8H2,1-3H3,(H,16,17,19). The zero-order chi connectivity index (χ0) is 14.7. The fourth-order valence-electron chi connectivity index (χ4n) is 1.64. The summed E-state index contributed by atoms with van der Waals surface area (Å²) < 4.78 is 1.07. The Morgan fingerprint density at radius 2 is 2.00 bits per heavy atom. The van der Waals surface area contributed by atoms with Gasteiger partial charge in [0, 0.05) is 29.9 Å². The van der Waals surface area contributed by atoms with Gasteiger partial charge in [-0.2, -0.15) is 0 Å². The minimum absolute atomic E-state index is 0.158. The predicted octanol–water partition coefficient (Wildman–Crippen LogP) is 3.90. The Bertz CT molecular complexity index is 607. The second kappa shape index (κ2) is 6.37. The van der Waals surface area contributed by atoms with Crippen LogP contribution in [0.5, 0.6) is 0 Å². The molecule has 1 heterocycles. The average Bonchev–Trinajstić information content (AvgIpc) is 2.72. The lowest BCUT2D eigenvalue weighted by Gasteiger charge is -2.09. The molecule has 106 valence electrons. The molecule has 0 atom stereocenters. The van der Waals surface area contributed by atoms with Crippen LogP contribution in [0.15, 0.2) is 28.7 Å². The van der Waals surface area contributed by atoms with Crippen molar-refractivity contribution in [1.29, 1.82) is 0 Å². The van der Waals surface area contributed by atoms with Gasteiger partial charge in [-0.05, 0) is 24.6 Å². The molecule has 20 heavy (non-hydrogen) atoms. The Morgan fingerprint density at radius 3 is 2.60 bits per heavy atom. The number of urea groups is 1. The van der Waals surface area contributed by atoms with E-state index < -0.39 is 0 Å². The summed E-state index contributed by atoms with van der Waals surface area (Å²) in [7, 11) is 3.41. The van der Waals surface area contributed by atoms with Crippen LogP contribution in [-0.4, -0.2) is 30.0 Å². The molecule has 0 aliphatic carbocycles. The van der Waals surface area contributed by atoms with Crippen LogP contribution in [0, 0.1) is 6.92 Å². The predicted molar refractivity (Wildman–Crippen MR) is 86.5 cm³/mol. The van der Waals surface area contributed by atoms with Gasteiger partial charge in [0.25, 0.3) is 0 Å². The smallest absolute Gasteiger partial charge is 0.323 e. The summed E-state index contributed by atoms with van der Waals surface area (Å²) in [5.74, 6) is 0. The third kappa shape index (κ3) is 3.80. The van der Waals surface area contributed by atoms with Crippen LogP contribution in [0.2, 0.25) is 0 Å². The van der Waals surface area contributed by atoms with Crippen LogP contribution < -0.4 is 5.32 Å². The Labute approximate surface area is 131 Å². The number of benzene rings is 1. The van der Waals surface area contributed by atoms with Gasteiger partial charge in [-0.1, -0.05) is 28.1 Å². The van der Waals surface area contributed by atoms with Gasteiger partial charge in [0.1, 0.15) is 0 Å². The highest BCUT2D eigenvalue weighted by Gasteiger charge is 2.11. The number of aryl methyl sites for hydroxylation is 1. The lowest BCUT2D eigenvalue weighted by molar-refractivity contribution is 0.230. The number of anilines is 1. The van der Waals surface area contributed by atoms with Crippen molar-refractivity contribution >= 4 is 38.4 Å². The van der Waals surface area contributed by atoms with Gasteiger partial charge < -0.3 is 4.90 Å². The van der Waals surface area contributed by atoms with Crippen molar-refractivity contribution in [2.24, 2.45) is 0 Å². The number of thiazole rings is 1. The highest BCUT2D eigenvalue weighted by Crippen LogP contribution is 2.25. The van der Waals surface area contributed by atoms with E-state index in [0.717, 1.165) is 16.6 Å². The summed E-state index contributed by atoms with van der Waals surface area (Å²) >= 11 is 4.95. The van der Waals surface area contributed by atoms with Gasteiger partial charge in [0.2, 0.25) is 0 Å². The lowest BCUT2D eigenvalue weighted by Crippen LogP contribution is -2.27. The number of amides is 2. The Balaban J connectivity index is 2.11. The molecule has 2 amide bonds. The first-order chi connectivity index (χ1) is 9.45. The van der Waals surface area contributed by atoms with Gasteiger partial charge in [-0.15, -0.1) is 11.3 Å². The van der Waals surface area contributed by atoms with E-state index in [1.807, 2.05) is 19.1 Å². The minimum Gasteiger partial charge on any atom is -0.331 e. The first kappa shape index (κ1) is 15.0. The van der Waals surface area contributed by atoms with Crippen LogP contribution in [-0.2, 0) is 6.42 Å². The van der Waals surface area contributed by atoms with Gasteiger partial charge in [0.15, 0.2) is 5.13 Å². The van der Waals surface area contributed by atoms with E-state index in [9.17, 15) is 4.79 Å². The number of nitrogens with zero attached hydrogens (tertiary/aromatic N) is 2. The number of carbonyl (C=O) groups is 1. The van der Waals surface area contributed by atoms with E-state index in [2.05, 4.69) is 38.4 Å². The molecule has 0 spiro atoms. The molecule has 0 saturated heterocycles. The number of aromatic nitrogens is 1. The number of hydrogen-bond donors (Lipinski definition) is 1. The van der Waals surface area contributed by atoms with Crippen LogP contribution in [0.1, 0.15) is 16.1 Å². The molecule has 0 unspecified atom stereocenters. The van der Waals surface area contributed by atoms with Crippen molar-refractivity contribution in [3.05, 3.63) is 44.9 Å². The fraction of sp³-hybridized carbons (Fsp3) is 0.286. The van der Waals surface area contributed by atoms with Crippen LogP contribution in [0.25, 0.3) is 0 Å². The van der Waals surface area contributed by atoms with E-state index in [4.69, 9.17) is 0 Å². The van der Waals surface area contributed by atoms with Crippen LogP contribution >= 0.6 is 27.3 Å². The molecule has 1 N–H and O–H groups in total. The summed E-state index contributed by atoms with van der Waals surface area (Å²) in [5.41, 5.74) is 2.19. The molecule has 0 saturated carbocycles. The van der Waals surface area contributed by atoms with Crippen LogP contribution in [0.4, 0.5) is 9.93 Å². The maximum Gasteiger partial charge on any atom is 0.323 e. The summed E-state index contributed by atoms with van der Waals surface area (Å²) in [4.78, 5) is 18.7. The maximum absolute atomic E-state index is 11.6. The molecule has 0 radical (unpaired) electrons. The Morgan fingerprint density at radius 1 is 1.35 bits per heavy atom. The van der Waals surface area contributed by atoms with Gasteiger partial charge in [0.05, 0.1) is 5.69 Å². The second-order valence-electron chi connectivity index (χ2n) is 4.66. The fourth-order valence-corrected chi connectivity index (χ4v) is 2.89. The number of nitrogens with one attached hydrogen (secondary N) is 1. The molecule has 4 nitrogen and oxygen atoms in total. The van der Waals surface area contributed by atoms with Crippen molar-refractivity contribution in [3.8, 4) is 0 Å². The van der Waals surface area contributed by atoms with Crippen LogP contribution in [0.3, 0.4) is 0 Å². The molecule has 0 aliphatic rings. The van der Waals surface area contributed by atoms with Gasteiger partial charge >= 0.3 is 6.03 Å². The average molecular weight is 354 g/mol. The zero-order valence-electron chi connectivity index (χ0n) is 11.6. The normalized spacial score (nSPS) is 10.4. The molecule has 6 heteroatoms. The molecule has 2 aromatic rings. The maximum atomic E-state index is 11.6. The molecule has 0 fully saturated rings. The number of rotatable bonds is 3. The quantitative estimate of drug-likeness (QED) is 0.909. The van der Waals surface area contributed by atoms with E-state index in [1.165, 1.54) is 26.7 Å². The molecule has 1 aromatic carbocycles. The van der Waals surface area contributed by atoms with Crippen molar-refractivity contribution in [2.45, 2.75) is 13.3 Å². The second-order valence-corrected chi connectivity index (χ2v) is 6.65. The Hall–Kier alpha value is -1.40. The van der Waals surface area contributed by atoms with E-state index in [1.54, 1.807) is 14.1 Å². The zero-order valence-corrected chi connectivity index (χ0v) is 14.0. The Kier molecular flexibility index (Phi) is 4.77. The molecule has 2 rings (SSSR count). The molecule has 0 bridgehead atoms. The van der Waals surface area contributed by atoms with Gasteiger partial charge in [-0.25, -0.2) is 9.78 Å². The number of hydrogen-bond acceptors (Lipinski definition) is 3. The van der Waals surface area contributed by atoms with E-state index in [-0.39, 0.29) is 6.03 Å². The highest BCUT2D eigenvalue weighted by atomic mass is 79.9. The van der Waals surface area contributed by atoms with Crippen molar-refractivity contribution in [1.82, 2.24) is 9.88 Å². The molecular weight excluding hydrogens is 338 g/mol. The van der Waals surface area contributed by atoms with Crippen molar-refractivity contribution in [3.63, 3.8) is 0 Å². The molecule has 1 aromatic heterocycles. The van der Waals surface area contributed by atoms with E-state index >= 15 is 0 Å². The highest BCUT2D eigenvalue weighted by molar-refractivity contribution is 9.10. The largest absolute Gasteiger partial charge is 0.331 e. The summed E-state index contributed by atoms with van der Waals surface area (Å²) in [5, 5.41) is 3.43. The summed E-state index contributed by atoms with van der Waals surface area (Å²) in [6.07, 6.45) is 0.828. The number of carbonyl (C=O) groups excluding carboxylic acids is 1. The SMILES string of the molecule is Cc1nc(NC(=O)N(C)C)sc1Cc1ccc(Br)cc1. The summed E-state index contributed by atoms with van der Waals surface area (Å²) in [6.45, 7) is 1.97. The molecule has 0 aliphatic heterocycles. The monoisotopic (exact) mass is 353 g/mol. The summed E-state index contributed by atoms with van der Waals surface area (Å²) in [6, 6.07) is 8.07. The van der Waals surface area contributed by atoms with Gasteiger partial charge in [-0.3, -0.25) is 5.32 Å². The van der Waals surface area contributed by atoms with E-state index in [0.29, 0.717) is 5.13 Å². The minimum atomic E-state index is -0.158. The lowest BCUT2D eigenvalue weighted by atomic mass is 10.1.